The van der Waals surface area contributed by atoms with Crippen molar-refractivity contribution in [2.45, 2.75) is 12.8 Å². The van der Waals surface area contributed by atoms with E-state index in [0.29, 0.717) is 18.5 Å². The molecule has 16 heavy (non-hydrogen) atoms. The molecule has 1 aromatic carbocycles. The molecule has 0 saturated heterocycles. The molecule has 1 aliphatic heterocycles. The zero-order valence-electron chi connectivity index (χ0n) is 8.90. The Hall–Kier alpha value is -2.04. The number of rotatable bonds is 1. The van der Waals surface area contributed by atoms with Crippen molar-refractivity contribution in [3.8, 4) is 0 Å². The maximum atomic E-state index is 11.7. The van der Waals surface area contributed by atoms with Crippen molar-refractivity contribution in [1.82, 2.24) is 5.43 Å². The highest BCUT2D eigenvalue weighted by atomic mass is 16.5. The molecular formula is C11H12N2O3. The fourth-order valence-corrected chi connectivity index (χ4v) is 1.69. The third-order valence-corrected chi connectivity index (χ3v) is 2.48. The number of ether oxygens (including phenoxy) is 1. The number of hydrogen-bond donors (Lipinski definition) is 1. The van der Waals surface area contributed by atoms with E-state index in [1.165, 1.54) is 12.1 Å². The lowest BCUT2D eigenvalue weighted by molar-refractivity contribution is -0.119. The van der Waals surface area contributed by atoms with Crippen molar-refractivity contribution >= 4 is 17.7 Å². The molecule has 0 spiro atoms. The summed E-state index contributed by atoms with van der Waals surface area (Å²) in [5.41, 5.74) is 4.15. The average molecular weight is 220 g/mol. The highest BCUT2D eigenvalue weighted by Gasteiger charge is 2.25. The Bertz CT molecular complexity index is 431. The molecule has 0 aromatic heterocycles. The van der Waals surface area contributed by atoms with Crippen LogP contribution in [0.25, 0.3) is 0 Å². The van der Waals surface area contributed by atoms with Gasteiger partial charge in [-0.1, -0.05) is 18.2 Å². The number of methoxy groups -OCH3 is 1. The molecule has 84 valence electrons. The number of para-hydroxylation sites is 1. The molecular weight excluding hydrogens is 208 g/mol. The number of carbonyl (C=O) groups is 2. The standard InChI is InChI=1S/C11H12N2O3/c1-16-11(15)12-13-9-5-3-2-4-8(9)6-7-10(13)14/h2-5H,6-7H2,1H3,(H,12,15). The average Bonchev–Trinajstić information content (AvgIpc) is 2.32. The second kappa shape index (κ2) is 4.22. The fraction of sp³-hybridized carbons (Fsp3) is 0.273. The second-order valence-corrected chi connectivity index (χ2v) is 3.46. The molecule has 2 rings (SSSR count). The third-order valence-electron chi connectivity index (χ3n) is 2.48. The number of hydrogen-bond acceptors (Lipinski definition) is 3. The molecule has 0 atom stereocenters. The van der Waals surface area contributed by atoms with E-state index in [4.69, 9.17) is 0 Å². The summed E-state index contributed by atoms with van der Waals surface area (Å²) in [6, 6.07) is 7.46. The van der Waals surface area contributed by atoms with Gasteiger partial charge in [0, 0.05) is 6.42 Å². The van der Waals surface area contributed by atoms with E-state index in [-0.39, 0.29) is 5.91 Å². The van der Waals surface area contributed by atoms with Gasteiger partial charge in [0.1, 0.15) is 0 Å². The van der Waals surface area contributed by atoms with Gasteiger partial charge in [0.25, 0.3) is 0 Å². The molecule has 0 unspecified atom stereocenters. The van der Waals surface area contributed by atoms with E-state index in [9.17, 15) is 9.59 Å². The van der Waals surface area contributed by atoms with Crippen molar-refractivity contribution in [3.05, 3.63) is 29.8 Å². The van der Waals surface area contributed by atoms with Gasteiger partial charge < -0.3 is 4.74 Å². The Labute approximate surface area is 93.0 Å². The van der Waals surface area contributed by atoms with Gasteiger partial charge in [-0.3, -0.25) is 4.79 Å². The summed E-state index contributed by atoms with van der Waals surface area (Å²) < 4.78 is 4.47. The van der Waals surface area contributed by atoms with Crippen LogP contribution in [0, 0.1) is 0 Å². The van der Waals surface area contributed by atoms with Gasteiger partial charge in [0.15, 0.2) is 0 Å². The van der Waals surface area contributed by atoms with Crippen molar-refractivity contribution in [2.24, 2.45) is 0 Å². The van der Waals surface area contributed by atoms with E-state index in [1.807, 2.05) is 18.2 Å². The first-order chi connectivity index (χ1) is 7.72. The molecule has 1 aliphatic rings. The lowest BCUT2D eigenvalue weighted by atomic mass is 10.0. The van der Waals surface area contributed by atoms with Gasteiger partial charge in [0.05, 0.1) is 12.8 Å². The zero-order chi connectivity index (χ0) is 11.5. The molecule has 1 aromatic rings. The van der Waals surface area contributed by atoms with E-state index >= 15 is 0 Å². The summed E-state index contributed by atoms with van der Waals surface area (Å²) >= 11 is 0. The minimum atomic E-state index is -0.648. The van der Waals surface area contributed by atoms with Gasteiger partial charge in [-0.15, -0.1) is 0 Å². The highest BCUT2D eigenvalue weighted by Crippen LogP contribution is 2.25. The number of carbonyl (C=O) groups excluding carboxylic acids is 2. The monoisotopic (exact) mass is 220 g/mol. The number of anilines is 1. The van der Waals surface area contributed by atoms with E-state index in [1.54, 1.807) is 6.07 Å². The molecule has 0 radical (unpaired) electrons. The van der Waals surface area contributed by atoms with Crippen LogP contribution in [-0.2, 0) is 16.0 Å². The minimum absolute atomic E-state index is 0.135. The zero-order valence-corrected chi connectivity index (χ0v) is 8.90. The van der Waals surface area contributed by atoms with Crippen LogP contribution in [0.3, 0.4) is 0 Å². The second-order valence-electron chi connectivity index (χ2n) is 3.46. The normalized spacial score (nSPS) is 14.3. The Morgan fingerprint density at radius 3 is 2.88 bits per heavy atom. The number of aryl methyl sites for hydroxylation is 1. The highest BCUT2D eigenvalue weighted by molar-refractivity contribution is 5.97. The smallest absolute Gasteiger partial charge is 0.426 e. The topological polar surface area (TPSA) is 58.6 Å². The van der Waals surface area contributed by atoms with Crippen molar-refractivity contribution in [2.75, 3.05) is 12.1 Å². The predicted octanol–water partition coefficient (Wildman–Crippen LogP) is 1.24. The maximum absolute atomic E-state index is 11.7. The van der Waals surface area contributed by atoms with E-state index < -0.39 is 6.09 Å². The maximum Gasteiger partial charge on any atom is 0.426 e. The summed E-state index contributed by atoms with van der Waals surface area (Å²) in [4.78, 5) is 22.8. The third kappa shape index (κ3) is 1.84. The molecule has 2 amide bonds. The summed E-state index contributed by atoms with van der Waals surface area (Å²) in [5.74, 6) is -0.135. The van der Waals surface area contributed by atoms with Crippen molar-refractivity contribution < 1.29 is 14.3 Å². The number of fused-ring (bicyclic) bond motifs is 1. The van der Waals surface area contributed by atoms with Crippen LogP contribution in [0.2, 0.25) is 0 Å². The van der Waals surface area contributed by atoms with Crippen LogP contribution >= 0.6 is 0 Å². The number of benzene rings is 1. The SMILES string of the molecule is COC(=O)NN1C(=O)CCc2ccccc21. The van der Waals surface area contributed by atoms with Gasteiger partial charge >= 0.3 is 6.09 Å². The van der Waals surface area contributed by atoms with Crippen LogP contribution in [-0.4, -0.2) is 19.1 Å². The summed E-state index contributed by atoms with van der Waals surface area (Å²) in [5, 5.41) is 1.24. The lowest BCUT2D eigenvalue weighted by Gasteiger charge is -2.28. The van der Waals surface area contributed by atoms with Crippen LogP contribution in [0.15, 0.2) is 24.3 Å². The molecule has 0 aliphatic carbocycles. The Balaban J connectivity index is 2.29. The lowest BCUT2D eigenvalue weighted by Crippen LogP contribution is -2.48. The van der Waals surface area contributed by atoms with Gasteiger partial charge in [-0.05, 0) is 18.1 Å². The molecule has 5 heteroatoms. The summed E-state index contributed by atoms with van der Waals surface area (Å²) in [6.45, 7) is 0. The quantitative estimate of drug-likeness (QED) is 0.774. The summed E-state index contributed by atoms with van der Waals surface area (Å²) in [6.07, 6.45) is 0.445. The van der Waals surface area contributed by atoms with Crippen LogP contribution in [0.1, 0.15) is 12.0 Å². The molecule has 0 fully saturated rings. The van der Waals surface area contributed by atoms with Crippen LogP contribution in [0.5, 0.6) is 0 Å². The first kappa shape index (κ1) is 10.5. The molecule has 5 nitrogen and oxygen atoms in total. The van der Waals surface area contributed by atoms with Gasteiger partial charge in [0.2, 0.25) is 5.91 Å². The van der Waals surface area contributed by atoms with Gasteiger partial charge in [-0.25, -0.2) is 15.2 Å². The number of nitrogens with zero attached hydrogens (tertiary/aromatic N) is 1. The molecule has 0 bridgehead atoms. The molecule has 1 N–H and O–H groups in total. The van der Waals surface area contributed by atoms with Crippen LogP contribution < -0.4 is 10.4 Å². The van der Waals surface area contributed by atoms with E-state index in [0.717, 1.165) is 5.56 Å². The Morgan fingerprint density at radius 1 is 1.38 bits per heavy atom. The van der Waals surface area contributed by atoms with Crippen molar-refractivity contribution in [3.63, 3.8) is 0 Å². The number of nitrogens with one attached hydrogen (secondary N) is 1. The minimum Gasteiger partial charge on any atom is -0.452 e. The predicted molar refractivity (Wildman–Crippen MR) is 57.8 cm³/mol. The largest absolute Gasteiger partial charge is 0.452 e. The first-order valence-corrected chi connectivity index (χ1v) is 4.98. The van der Waals surface area contributed by atoms with E-state index in [2.05, 4.69) is 10.2 Å². The number of amides is 2. The Kier molecular flexibility index (Phi) is 2.76. The van der Waals surface area contributed by atoms with Crippen LogP contribution in [0.4, 0.5) is 10.5 Å². The fourth-order valence-electron chi connectivity index (χ4n) is 1.69. The van der Waals surface area contributed by atoms with Gasteiger partial charge in [-0.2, -0.15) is 0 Å². The molecule has 1 heterocycles. The molecule has 0 saturated carbocycles. The summed E-state index contributed by atoms with van der Waals surface area (Å²) in [7, 11) is 1.26. The number of hydrazine groups is 1. The Morgan fingerprint density at radius 2 is 2.12 bits per heavy atom. The first-order valence-electron chi connectivity index (χ1n) is 4.98. The van der Waals surface area contributed by atoms with Crippen molar-refractivity contribution in [1.29, 1.82) is 0 Å².